The molecule has 0 aromatic carbocycles. The fraction of sp³-hybridized carbons (Fsp3) is 0.739. The van der Waals surface area contributed by atoms with Crippen LogP contribution in [0.25, 0.3) is 0 Å². The highest BCUT2D eigenvalue weighted by molar-refractivity contribution is 6.02. The second-order valence-corrected chi connectivity index (χ2v) is 20.5. The molecule has 1 saturated heterocycles. The molecule has 6 saturated carbocycles. The molecule has 0 radical (unpaired) electrons. The van der Waals surface area contributed by atoms with Crippen LogP contribution in [0.5, 0.6) is 0 Å². The van der Waals surface area contributed by atoms with Gasteiger partial charge in [-0.3, -0.25) is 19.2 Å². The van der Waals surface area contributed by atoms with Crippen LogP contribution in [0.4, 0.5) is 4.39 Å². The number of hydrogen-bond donors (Lipinski definition) is 4. The van der Waals surface area contributed by atoms with Gasteiger partial charge in [0.05, 0.1) is 18.3 Å². The van der Waals surface area contributed by atoms with Gasteiger partial charge in [0.15, 0.2) is 40.2 Å². The average molecular weight is 793 g/mol. The number of ether oxygens (including phenoxy) is 2. The molecule has 10 nitrogen and oxygen atoms in total. The Morgan fingerprint density at radius 3 is 2.16 bits per heavy atom. The van der Waals surface area contributed by atoms with Crippen LogP contribution in [0.1, 0.15) is 99.8 Å². The molecule has 11 heteroatoms. The van der Waals surface area contributed by atoms with E-state index in [-0.39, 0.29) is 76.4 Å². The molecular weight excluding hydrogens is 731 g/mol. The van der Waals surface area contributed by atoms with Crippen molar-refractivity contribution >= 4 is 23.1 Å². The quantitative estimate of drug-likeness (QED) is 0.301. The second kappa shape index (κ2) is 13.2. The van der Waals surface area contributed by atoms with Crippen molar-refractivity contribution in [3.63, 3.8) is 0 Å². The Bertz CT molecular complexity index is 1900. The van der Waals surface area contributed by atoms with Crippen molar-refractivity contribution in [3.05, 3.63) is 47.6 Å². The Morgan fingerprint density at radius 1 is 0.842 bits per heavy atom. The van der Waals surface area contributed by atoms with E-state index in [0.29, 0.717) is 25.7 Å². The zero-order valence-electron chi connectivity index (χ0n) is 34.4. The highest BCUT2D eigenvalue weighted by Gasteiger charge is 2.77. The molecule has 16 atom stereocenters. The third-order valence-electron chi connectivity index (χ3n) is 17.5. The smallest absolute Gasteiger partial charge is 0.193 e. The van der Waals surface area contributed by atoms with Crippen molar-refractivity contribution < 1.29 is 53.5 Å². The minimum absolute atomic E-state index is 0.0167. The lowest BCUT2D eigenvalue weighted by atomic mass is 9.45. The van der Waals surface area contributed by atoms with Gasteiger partial charge in [-0.25, -0.2) is 4.39 Å². The zero-order valence-corrected chi connectivity index (χ0v) is 34.4. The lowest BCUT2D eigenvalue weighted by Crippen LogP contribution is -2.66. The first-order valence-electron chi connectivity index (χ1n) is 21.2. The molecule has 4 N–H and O–H groups in total. The third-order valence-corrected chi connectivity index (χ3v) is 17.5. The molecule has 0 bridgehead atoms. The van der Waals surface area contributed by atoms with Gasteiger partial charge in [-0.15, -0.1) is 0 Å². The number of allylic oxidation sites excluding steroid dienone is 8. The summed E-state index contributed by atoms with van der Waals surface area (Å²) in [4.78, 5) is 49.4. The molecule has 1 aliphatic heterocycles. The van der Waals surface area contributed by atoms with Gasteiger partial charge in [-0.2, -0.15) is 0 Å². The molecule has 9 rings (SSSR count). The number of aliphatic hydroxyl groups excluding tert-OH is 4. The highest BCUT2D eigenvalue weighted by atomic mass is 19.1. The number of alkyl halides is 1. The number of ketones is 4. The van der Waals surface area contributed by atoms with Gasteiger partial charge < -0.3 is 29.9 Å². The van der Waals surface area contributed by atoms with E-state index in [1.54, 1.807) is 39.0 Å². The predicted molar refractivity (Wildman–Crippen MR) is 207 cm³/mol. The number of carbonyl (C=O) groups excluding carboxylic acids is 4. The summed E-state index contributed by atoms with van der Waals surface area (Å²) in [5.74, 6) is -1.95. The maximum absolute atomic E-state index is 16.8. The van der Waals surface area contributed by atoms with Crippen molar-refractivity contribution in [3.8, 4) is 0 Å². The van der Waals surface area contributed by atoms with Crippen molar-refractivity contribution in [2.45, 2.75) is 135 Å². The van der Waals surface area contributed by atoms with Crippen LogP contribution in [0.3, 0.4) is 0 Å². The normalized spacial score (nSPS) is 51.1. The van der Waals surface area contributed by atoms with Crippen LogP contribution in [-0.2, 0) is 28.7 Å². The third kappa shape index (κ3) is 5.33. The van der Waals surface area contributed by atoms with Gasteiger partial charge in [0.1, 0.15) is 13.2 Å². The fourth-order valence-electron chi connectivity index (χ4n) is 15.4. The highest BCUT2D eigenvalue weighted by Crippen LogP contribution is 2.72. The van der Waals surface area contributed by atoms with Gasteiger partial charge in [0, 0.05) is 34.0 Å². The molecule has 8 aliphatic carbocycles. The number of aliphatic hydroxyl groups is 4. The van der Waals surface area contributed by atoms with Crippen molar-refractivity contribution in [1.82, 2.24) is 0 Å². The molecule has 0 aromatic heterocycles. The van der Waals surface area contributed by atoms with Crippen molar-refractivity contribution in [2.24, 2.45) is 63.1 Å². The molecule has 9 aliphatic rings. The number of hydrogen-bond acceptors (Lipinski definition) is 10. The summed E-state index contributed by atoms with van der Waals surface area (Å²) in [5.41, 5.74) is -3.70. The summed E-state index contributed by atoms with van der Waals surface area (Å²) in [6.07, 6.45) is 12.6. The second-order valence-electron chi connectivity index (χ2n) is 20.5. The number of carbonyl (C=O) groups is 4. The van der Waals surface area contributed by atoms with Crippen LogP contribution in [-0.4, -0.2) is 92.1 Å². The van der Waals surface area contributed by atoms with Gasteiger partial charge in [-0.05, 0) is 126 Å². The largest absolute Gasteiger partial charge is 0.393 e. The fourth-order valence-corrected chi connectivity index (χ4v) is 15.4. The van der Waals surface area contributed by atoms with E-state index in [4.69, 9.17) is 9.47 Å². The maximum atomic E-state index is 16.8. The van der Waals surface area contributed by atoms with Gasteiger partial charge in [-0.1, -0.05) is 51.0 Å². The Labute approximate surface area is 335 Å². The molecule has 0 amide bonds. The monoisotopic (exact) mass is 792 g/mol. The van der Waals surface area contributed by atoms with Gasteiger partial charge >= 0.3 is 0 Å². The lowest BCUT2D eigenvalue weighted by molar-refractivity contribution is -0.225. The molecule has 0 unspecified atom stereocenters. The standard InChI is InChI=1S/C24H32O6.C22H29FO4/c1-21(2)29-19-10-16-15-6-5-13-9-14(26)7-8-22(13,3)20(15)17(27)11-23(16,4)24(19,30-21)18(28)12-25;1-12-8-16-15-5-4-13-9-14(25)6-7-21(13,3)22(15,23)18(27)10-20(16,2)19(12)17(26)11-24/h7-9,15-17,19-20,25,27H,5-6,10-12H2,1-4H3;6-7,9,12,15-16,18-19,24,27H,4-5,8,10-11H2,1-3H3/t15-,16-,17-,19+,20+,22-,23-,24+;12-,15+,16+,18+,19-,20+,21+,22+/m01/s1. The first-order chi connectivity index (χ1) is 26.6. The zero-order chi connectivity index (χ0) is 41.5. The molecule has 1 heterocycles. The number of fused-ring (bicyclic) bond motifs is 12. The van der Waals surface area contributed by atoms with Gasteiger partial charge in [0.25, 0.3) is 0 Å². The van der Waals surface area contributed by atoms with E-state index in [1.165, 1.54) is 12.2 Å². The Morgan fingerprint density at radius 2 is 1.49 bits per heavy atom. The van der Waals surface area contributed by atoms with E-state index < -0.39 is 64.8 Å². The van der Waals surface area contributed by atoms with E-state index in [2.05, 4.69) is 6.92 Å². The Hall–Kier alpha value is -2.67. The Balaban J connectivity index is 0.000000161. The van der Waals surface area contributed by atoms with Crippen molar-refractivity contribution in [1.29, 1.82) is 0 Å². The maximum Gasteiger partial charge on any atom is 0.193 e. The van der Waals surface area contributed by atoms with Crippen LogP contribution in [0.2, 0.25) is 0 Å². The van der Waals surface area contributed by atoms with E-state index in [1.807, 2.05) is 26.8 Å². The first-order valence-corrected chi connectivity index (χ1v) is 21.2. The predicted octanol–water partition coefficient (Wildman–Crippen LogP) is 5.11. The van der Waals surface area contributed by atoms with Crippen LogP contribution >= 0.6 is 0 Å². The molecule has 312 valence electrons. The van der Waals surface area contributed by atoms with Crippen LogP contribution in [0.15, 0.2) is 47.6 Å². The van der Waals surface area contributed by atoms with E-state index >= 15 is 4.39 Å². The number of rotatable bonds is 4. The molecule has 57 heavy (non-hydrogen) atoms. The summed E-state index contributed by atoms with van der Waals surface area (Å²) in [7, 11) is 0. The number of halogens is 1. The minimum Gasteiger partial charge on any atom is -0.393 e. The summed E-state index contributed by atoms with van der Waals surface area (Å²) in [5, 5.41) is 41.9. The minimum atomic E-state index is -1.85. The van der Waals surface area contributed by atoms with Gasteiger partial charge in [0.2, 0.25) is 0 Å². The summed E-state index contributed by atoms with van der Waals surface area (Å²) >= 11 is 0. The van der Waals surface area contributed by atoms with Crippen LogP contribution in [0, 0.1) is 63.1 Å². The lowest BCUT2D eigenvalue weighted by Gasteiger charge is -2.62. The summed E-state index contributed by atoms with van der Waals surface area (Å²) in [6.45, 7) is 12.5. The van der Waals surface area contributed by atoms with Crippen LogP contribution < -0.4 is 0 Å². The molecule has 0 aromatic rings. The van der Waals surface area contributed by atoms with E-state index in [9.17, 15) is 39.6 Å². The molecule has 0 spiro atoms. The van der Waals surface area contributed by atoms with E-state index in [0.717, 1.165) is 30.4 Å². The molecular formula is C46H61FO10. The SMILES string of the molecule is CC1(C)O[C@@H]2C[C@H]3[C@@H]4CCC5=CC(=O)C=C[C@]5(C)[C@H]4[C@@H](O)C[C@]3(C)[C@]2(C(=O)CO)O1.C[C@@H]1C[C@H]2[C@@H]3CCC4=CC(=O)C=C[C@]4(C)[C@@]3(F)[C@@H](O)C[C@]2(C)[C@H]1C(=O)CO. The summed E-state index contributed by atoms with van der Waals surface area (Å²) < 4.78 is 29.4. The topological polar surface area (TPSA) is 168 Å². The molecule has 7 fully saturated rings. The summed E-state index contributed by atoms with van der Waals surface area (Å²) in [6, 6.07) is 0. The first kappa shape index (κ1) is 41.1. The number of Topliss-reactive ketones (excluding diaryl/α,β-unsaturated/α-hetero) is 2. The van der Waals surface area contributed by atoms with Crippen molar-refractivity contribution in [2.75, 3.05) is 13.2 Å². The Kier molecular flexibility index (Phi) is 9.49. The average Bonchev–Trinajstić information content (AvgIpc) is 3.67.